The first-order valence-electron chi connectivity index (χ1n) is 4.39. The van der Waals surface area contributed by atoms with Crippen molar-refractivity contribution < 1.29 is 4.79 Å². The first kappa shape index (κ1) is 8.51. The largest absolute Gasteiger partial charge is 0.299 e. The molecule has 0 unspecified atom stereocenters. The summed E-state index contributed by atoms with van der Waals surface area (Å²) in [5.41, 5.74) is 0. The molecule has 0 bridgehead atoms. The SMILES string of the molecule is C=C[C@@H](C)C[C@@H]1CCCC1=O. The minimum Gasteiger partial charge on any atom is -0.299 e. The molecule has 0 N–H and O–H groups in total. The maximum Gasteiger partial charge on any atom is 0.135 e. The van der Waals surface area contributed by atoms with E-state index in [0.717, 1.165) is 25.7 Å². The smallest absolute Gasteiger partial charge is 0.135 e. The molecule has 0 amide bonds. The standard InChI is InChI=1S/C10H16O/c1-3-8(2)7-9-5-4-6-10(9)11/h3,8-9H,1,4-7H2,2H3/t8-,9+/m1/s1. The Bertz CT molecular complexity index is 160. The maximum absolute atomic E-state index is 11.2. The van der Waals surface area contributed by atoms with E-state index in [-0.39, 0.29) is 0 Å². The molecule has 0 spiro atoms. The van der Waals surface area contributed by atoms with E-state index in [1.807, 2.05) is 6.08 Å². The van der Waals surface area contributed by atoms with Gasteiger partial charge in [0.1, 0.15) is 5.78 Å². The van der Waals surface area contributed by atoms with Gasteiger partial charge in [0.25, 0.3) is 0 Å². The van der Waals surface area contributed by atoms with Gasteiger partial charge >= 0.3 is 0 Å². The lowest BCUT2D eigenvalue weighted by Crippen LogP contribution is -2.09. The van der Waals surface area contributed by atoms with Crippen molar-refractivity contribution in [1.82, 2.24) is 0 Å². The van der Waals surface area contributed by atoms with Gasteiger partial charge in [0.15, 0.2) is 0 Å². The fourth-order valence-corrected chi connectivity index (χ4v) is 1.68. The summed E-state index contributed by atoms with van der Waals surface area (Å²) < 4.78 is 0. The molecular weight excluding hydrogens is 136 g/mol. The zero-order chi connectivity index (χ0) is 8.27. The van der Waals surface area contributed by atoms with E-state index in [1.54, 1.807) is 0 Å². The molecule has 11 heavy (non-hydrogen) atoms. The van der Waals surface area contributed by atoms with E-state index in [4.69, 9.17) is 0 Å². The predicted molar refractivity (Wildman–Crippen MR) is 46.3 cm³/mol. The third-order valence-electron chi connectivity index (χ3n) is 2.49. The summed E-state index contributed by atoms with van der Waals surface area (Å²) >= 11 is 0. The third kappa shape index (κ3) is 2.18. The molecule has 1 aliphatic carbocycles. The van der Waals surface area contributed by atoms with Crippen molar-refractivity contribution in [1.29, 1.82) is 0 Å². The van der Waals surface area contributed by atoms with Gasteiger partial charge in [-0.3, -0.25) is 4.79 Å². The molecule has 0 aromatic rings. The van der Waals surface area contributed by atoms with Crippen molar-refractivity contribution in [2.75, 3.05) is 0 Å². The van der Waals surface area contributed by atoms with Crippen LogP contribution in [0.15, 0.2) is 12.7 Å². The summed E-state index contributed by atoms with van der Waals surface area (Å²) in [5.74, 6) is 1.32. The van der Waals surface area contributed by atoms with Crippen LogP contribution in [-0.2, 0) is 4.79 Å². The van der Waals surface area contributed by atoms with Gasteiger partial charge in [-0.15, -0.1) is 6.58 Å². The first-order chi connectivity index (χ1) is 5.24. The molecule has 1 nitrogen and oxygen atoms in total. The molecule has 2 atom stereocenters. The van der Waals surface area contributed by atoms with Crippen LogP contribution in [-0.4, -0.2) is 5.78 Å². The van der Waals surface area contributed by atoms with Crippen LogP contribution in [0.5, 0.6) is 0 Å². The highest BCUT2D eigenvalue weighted by atomic mass is 16.1. The van der Waals surface area contributed by atoms with Crippen molar-refractivity contribution in [2.24, 2.45) is 11.8 Å². The average molecular weight is 152 g/mol. The maximum atomic E-state index is 11.2. The molecule has 0 aliphatic heterocycles. The highest BCUT2D eigenvalue weighted by Gasteiger charge is 2.24. The summed E-state index contributed by atoms with van der Waals surface area (Å²) in [5, 5.41) is 0. The number of ketones is 1. The molecule has 1 aliphatic rings. The zero-order valence-corrected chi connectivity index (χ0v) is 7.18. The fraction of sp³-hybridized carbons (Fsp3) is 0.700. The van der Waals surface area contributed by atoms with Crippen LogP contribution in [0.3, 0.4) is 0 Å². The third-order valence-corrected chi connectivity index (χ3v) is 2.49. The highest BCUT2D eigenvalue weighted by molar-refractivity contribution is 5.82. The fourth-order valence-electron chi connectivity index (χ4n) is 1.68. The molecule has 1 rings (SSSR count). The van der Waals surface area contributed by atoms with Gasteiger partial charge in [-0.1, -0.05) is 13.0 Å². The number of hydrogen-bond acceptors (Lipinski definition) is 1. The monoisotopic (exact) mass is 152 g/mol. The lowest BCUT2D eigenvalue weighted by Gasteiger charge is -2.10. The van der Waals surface area contributed by atoms with E-state index < -0.39 is 0 Å². The van der Waals surface area contributed by atoms with Crippen molar-refractivity contribution in [3.63, 3.8) is 0 Å². The number of Topliss-reactive ketones (excluding diaryl/α,β-unsaturated/α-hetero) is 1. The van der Waals surface area contributed by atoms with Crippen LogP contribution >= 0.6 is 0 Å². The molecule has 1 saturated carbocycles. The minimum atomic E-state index is 0.350. The summed E-state index contributed by atoms with van der Waals surface area (Å²) in [6, 6.07) is 0. The Kier molecular flexibility index (Phi) is 2.86. The van der Waals surface area contributed by atoms with Crippen LogP contribution in [0.25, 0.3) is 0 Å². The topological polar surface area (TPSA) is 17.1 Å². The highest BCUT2D eigenvalue weighted by Crippen LogP contribution is 2.27. The van der Waals surface area contributed by atoms with Gasteiger partial charge in [0, 0.05) is 12.3 Å². The van der Waals surface area contributed by atoms with Gasteiger partial charge in [0.2, 0.25) is 0 Å². The van der Waals surface area contributed by atoms with Gasteiger partial charge < -0.3 is 0 Å². The number of allylic oxidation sites excluding steroid dienone is 1. The Morgan fingerprint density at radius 3 is 3.00 bits per heavy atom. The van der Waals surface area contributed by atoms with E-state index in [0.29, 0.717) is 17.6 Å². The zero-order valence-electron chi connectivity index (χ0n) is 7.18. The molecule has 0 saturated heterocycles. The van der Waals surface area contributed by atoms with Crippen molar-refractivity contribution in [2.45, 2.75) is 32.6 Å². The first-order valence-corrected chi connectivity index (χ1v) is 4.39. The van der Waals surface area contributed by atoms with E-state index >= 15 is 0 Å². The Labute approximate surface area is 68.5 Å². The van der Waals surface area contributed by atoms with Crippen LogP contribution in [0.2, 0.25) is 0 Å². The predicted octanol–water partition coefficient (Wildman–Crippen LogP) is 2.57. The van der Waals surface area contributed by atoms with Crippen LogP contribution in [0.4, 0.5) is 0 Å². The number of carbonyl (C=O) groups excluding carboxylic acids is 1. The summed E-state index contributed by atoms with van der Waals surface area (Å²) in [6.07, 6.45) is 5.98. The molecule has 1 heteroatoms. The van der Waals surface area contributed by atoms with Crippen LogP contribution in [0, 0.1) is 11.8 Å². The average Bonchev–Trinajstić information content (AvgIpc) is 2.37. The van der Waals surface area contributed by atoms with Gasteiger partial charge in [-0.05, 0) is 25.2 Å². The summed E-state index contributed by atoms with van der Waals surface area (Å²) in [6.45, 7) is 5.84. The number of hydrogen-bond donors (Lipinski definition) is 0. The van der Waals surface area contributed by atoms with Crippen molar-refractivity contribution in [3.05, 3.63) is 12.7 Å². The van der Waals surface area contributed by atoms with Crippen molar-refractivity contribution in [3.8, 4) is 0 Å². The van der Waals surface area contributed by atoms with Gasteiger partial charge in [-0.2, -0.15) is 0 Å². The second-order valence-electron chi connectivity index (χ2n) is 3.50. The number of carbonyl (C=O) groups is 1. The van der Waals surface area contributed by atoms with Crippen molar-refractivity contribution >= 4 is 5.78 Å². The summed E-state index contributed by atoms with van der Waals surface area (Å²) in [4.78, 5) is 11.2. The summed E-state index contributed by atoms with van der Waals surface area (Å²) in [7, 11) is 0. The van der Waals surface area contributed by atoms with E-state index in [1.165, 1.54) is 0 Å². The Balaban J connectivity index is 2.36. The quantitative estimate of drug-likeness (QED) is 0.568. The van der Waals surface area contributed by atoms with Gasteiger partial charge in [-0.25, -0.2) is 0 Å². The van der Waals surface area contributed by atoms with Crippen LogP contribution < -0.4 is 0 Å². The Hall–Kier alpha value is -0.590. The number of rotatable bonds is 3. The molecule has 1 fully saturated rings. The van der Waals surface area contributed by atoms with E-state index in [2.05, 4.69) is 13.5 Å². The molecule has 62 valence electrons. The molecule has 0 heterocycles. The normalized spacial score (nSPS) is 27.0. The molecule has 0 aromatic heterocycles. The van der Waals surface area contributed by atoms with Gasteiger partial charge in [0.05, 0.1) is 0 Å². The minimum absolute atomic E-state index is 0.350. The van der Waals surface area contributed by atoms with E-state index in [9.17, 15) is 4.79 Å². The molecule has 0 aromatic carbocycles. The lowest BCUT2D eigenvalue weighted by molar-refractivity contribution is -0.120. The Morgan fingerprint density at radius 2 is 2.55 bits per heavy atom. The molecule has 0 radical (unpaired) electrons. The second-order valence-corrected chi connectivity index (χ2v) is 3.50. The van der Waals surface area contributed by atoms with Crippen LogP contribution in [0.1, 0.15) is 32.6 Å². The lowest BCUT2D eigenvalue weighted by atomic mass is 9.94. The molecular formula is C10H16O. The second kappa shape index (κ2) is 3.70. The Morgan fingerprint density at radius 1 is 1.82 bits per heavy atom.